The topological polar surface area (TPSA) is 64.6 Å². The van der Waals surface area contributed by atoms with Gasteiger partial charge in [0.2, 0.25) is 11.7 Å². The molecule has 1 saturated heterocycles. The second-order valence-corrected chi connectivity index (χ2v) is 3.30. The Balaban J connectivity index is 2.54. The van der Waals surface area contributed by atoms with Gasteiger partial charge in [0, 0.05) is 20.9 Å². The maximum Gasteiger partial charge on any atom is 0.338 e. The molecule has 0 aliphatic carbocycles. The minimum absolute atomic E-state index is 0.0127. The molecular weight excluding hydrogens is 174 g/mol. The number of hydrogen-bond acceptors (Lipinski definition) is 4. The first-order valence-corrected chi connectivity index (χ1v) is 4.06. The molecule has 1 N–H and O–H groups in total. The lowest BCUT2D eigenvalue weighted by molar-refractivity contribution is -0.160. The molecule has 1 aliphatic heterocycles. The van der Waals surface area contributed by atoms with Crippen molar-refractivity contribution in [2.75, 3.05) is 7.05 Å². The Labute approximate surface area is 76.4 Å². The van der Waals surface area contributed by atoms with Crippen LogP contribution >= 0.6 is 0 Å². The minimum Gasteiger partial charge on any atom is -0.432 e. The molecule has 0 aromatic carbocycles. The smallest absolute Gasteiger partial charge is 0.338 e. The van der Waals surface area contributed by atoms with E-state index in [0.717, 1.165) is 0 Å². The summed E-state index contributed by atoms with van der Waals surface area (Å²) in [5.41, 5.74) is 0. The summed E-state index contributed by atoms with van der Waals surface area (Å²) in [5, 5.41) is 2.41. The number of carbonyl (C=O) groups excluding carboxylic acids is 2. The molecule has 5 heteroatoms. The molecule has 0 bridgehead atoms. The van der Waals surface area contributed by atoms with Gasteiger partial charge in [0.25, 0.3) is 0 Å². The van der Waals surface area contributed by atoms with Gasteiger partial charge in [0.05, 0.1) is 6.42 Å². The van der Waals surface area contributed by atoms with Crippen LogP contribution in [-0.2, 0) is 19.1 Å². The Morgan fingerprint density at radius 2 is 2.23 bits per heavy atom. The van der Waals surface area contributed by atoms with Crippen LogP contribution in [-0.4, -0.2) is 30.8 Å². The number of cyclic esters (lactones) is 1. The van der Waals surface area contributed by atoms with Crippen LogP contribution in [0.4, 0.5) is 0 Å². The average Bonchev–Trinajstić information content (AvgIpc) is 2.24. The minimum atomic E-state index is -0.907. The summed E-state index contributed by atoms with van der Waals surface area (Å²) in [6.07, 6.45) is -0.756. The van der Waals surface area contributed by atoms with Crippen LogP contribution in [0.5, 0.6) is 0 Å². The van der Waals surface area contributed by atoms with Crippen LogP contribution in [0.1, 0.15) is 20.3 Å². The Morgan fingerprint density at radius 1 is 1.62 bits per heavy atom. The standard InChI is InChI=1S/C8H13NO4/c1-8(2)12-5(7(11)13-8)4-6(10)9-3/h5H,4H2,1-3H3,(H,9,10). The van der Waals surface area contributed by atoms with E-state index in [0.29, 0.717) is 0 Å². The van der Waals surface area contributed by atoms with Gasteiger partial charge in [-0.3, -0.25) is 4.79 Å². The van der Waals surface area contributed by atoms with Crippen molar-refractivity contribution in [1.82, 2.24) is 5.32 Å². The molecule has 0 aromatic rings. The third kappa shape index (κ3) is 2.42. The number of nitrogens with one attached hydrogen (secondary N) is 1. The van der Waals surface area contributed by atoms with Crippen molar-refractivity contribution < 1.29 is 19.1 Å². The fourth-order valence-corrected chi connectivity index (χ4v) is 1.12. The normalized spacial score (nSPS) is 25.5. The maximum absolute atomic E-state index is 11.1. The second-order valence-electron chi connectivity index (χ2n) is 3.30. The van der Waals surface area contributed by atoms with Crippen molar-refractivity contribution >= 4 is 11.9 Å². The van der Waals surface area contributed by atoms with Gasteiger partial charge in [-0.1, -0.05) is 0 Å². The fourth-order valence-electron chi connectivity index (χ4n) is 1.12. The van der Waals surface area contributed by atoms with Crippen LogP contribution in [0, 0.1) is 0 Å². The summed E-state index contributed by atoms with van der Waals surface area (Å²) in [4.78, 5) is 22.0. The van der Waals surface area contributed by atoms with Crippen molar-refractivity contribution in [2.45, 2.75) is 32.2 Å². The highest BCUT2D eigenvalue weighted by atomic mass is 16.8. The Morgan fingerprint density at radius 3 is 2.62 bits per heavy atom. The lowest BCUT2D eigenvalue weighted by Crippen LogP contribution is -2.28. The van der Waals surface area contributed by atoms with E-state index in [1.807, 2.05) is 0 Å². The van der Waals surface area contributed by atoms with Crippen LogP contribution in [0.15, 0.2) is 0 Å². The van der Waals surface area contributed by atoms with E-state index in [4.69, 9.17) is 9.47 Å². The third-order valence-corrected chi connectivity index (χ3v) is 1.68. The van der Waals surface area contributed by atoms with Gasteiger partial charge >= 0.3 is 5.97 Å². The molecule has 1 aliphatic rings. The fraction of sp³-hybridized carbons (Fsp3) is 0.750. The van der Waals surface area contributed by atoms with Gasteiger partial charge in [0.15, 0.2) is 6.10 Å². The van der Waals surface area contributed by atoms with E-state index in [2.05, 4.69) is 5.32 Å². The zero-order valence-electron chi connectivity index (χ0n) is 7.92. The van der Waals surface area contributed by atoms with E-state index in [1.54, 1.807) is 13.8 Å². The molecule has 1 heterocycles. The quantitative estimate of drug-likeness (QED) is 0.608. The van der Waals surface area contributed by atoms with E-state index in [-0.39, 0.29) is 12.3 Å². The average molecular weight is 187 g/mol. The highest BCUT2D eigenvalue weighted by Gasteiger charge is 2.41. The van der Waals surface area contributed by atoms with Crippen molar-refractivity contribution in [2.24, 2.45) is 0 Å². The molecule has 1 unspecified atom stereocenters. The number of carbonyl (C=O) groups is 2. The monoisotopic (exact) mass is 187 g/mol. The van der Waals surface area contributed by atoms with Gasteiger partial charge in [-0.05, 0) is 0 Å². The SMILES string of the molecule is CNC(=O)CC1OC(C)(C)OC1=O. The summed E-state index contributed by atoms with van der Waals surface area (Å²) >= 11 is 0. The Kier molecular flexibility index (Phi) is 2.56. The number of ether oxygens (including phenoxy) is 2. The van der Waals surface area contributed by atoms with Gasteiger partial charge in [-0.2, -0.15) is 0 Å². The first-order chi connectivity index (χ1) is 5.94. The Hall–Kier alpha value is -1.10. The molecule has 1 rings (SSSR count). The Bertz CT molecular complexity index is 236. The van der Waals surface area contributed by atoms with E-state index in [9.17, 15) is 9.59 Å². The molecule has 1 amide bonds. The number of esters is 1. The van der Waals surface area contributed by atoms with Crippen molar-refractivity contribution in [3.8, 4) is 0 Å². The summed E-state index contributed by atoms with van der Waals surface area (Å²) in [5.74, 6) is -1.62. The molecule has 1 fully saturated rings. The highest BCUT2D eigenvalue weighted by Crippen LogP contribution is 2.25. The molecule has 13 heavy (non-hydrogen) atoms. The van der Waals surface area contributed by atoms with Crippen LogP contribution in [0.3, 0.4) is 0 Å². The largest absolute Gasteiger partial charge is 0.432 e. The molecule has 0 saturated carbocycles. The third-order valence-electron chi connectivity index (χ3n) is 1.68. The van der Waals surface area contributed by atoms with Crippen LogP contribution in [0.2, 0.25) is 0 Å². The van der Waals surface area contributed by atoms with Crippen molar-refractivity contribution in [1.29, 1.82) is 0 Å². The predicted octanol–water partition coefficient (Wildman–Crippen LogP) is -0.199. The van der Waals surface area contributed by atoms with Gasteiger partial charge in [-0.15, -0.1) is 0 Å². The molecule has 0 aromatic heterocycles. The zero-order chi connectivity index (χ0) is 10.1. The number of hydrogen-bond donors (Lipinski definition) is 1. The van der Waals surface area contributed by atoms with Gasteiger partial charge in [0.1, 0.15) is 0 Å². The van der Waals surface area contributed by atoms with E-state index < -0.39 is 17.9 Å². The lowest BCUT2D eigenvalue weighted by Gasteiger charge is -2.14. The van der Waals surface area contributed by atoms with Gasteiger partial charge < -0.3 is 14.8 Å². The zero-order valence-corrected chi connectivity index (χ0v) is 7.92. The van der Waals surface area contributed by atoms with Gasteiger partial charge in [-0.25, -0.2) is 4.79 Å². The molecule has 74 valence electrons. The molecule has 5 nitrogen and oxygen atoms in total. The molecule has 1 atom stereocenters. The summed E-state index contributed by atoms with van der Waals surface area (Å²) in [7, 11) is 1.51. The van der Waals surface area contributed by atoms with Crippen LogP contribution < -0.4 is 5.32 Å². The highest BCUT2D eigenvalue weighted by molar-refractivity contribution is 5.85. The molecule has 0 spiro atoms. The van der Waals surface area contributed by atoms with Crippen molar-refractivity contribution in [3.05, 3.63) is 0 Å². The van der Waals surface area contributed by atoms with E-state index in [1.165, 1.54) is 7.05 Å². The summed E-state index contributed by atoms with van der Waals surface area (Å²) in [6, 6.07) is 0. The lowest BCUT2D eigenvalue weighted by atomic mass is 10.2. The number of rotatable bonds is 2. The maximum atomic E-state index is 11.1. The van der Waals surface area contributed by atoms with Crippen molar-refractivity contribution in [3.63, 3.8) is 0 Å². The first kappa shape index (κ1) is 9.98. The summed E-state index contributed by atoms with van der Waals surface area (Å²) < 4.78 is 10.1. The second kappa shape index (κ2) is 3.33. The predicted molar refractivity (Wildman–Crippen MR) is 43.7 cm³/mol. The molecule has 0 radical (unpaired) electrons. The van der Waals surface area contributed by atoms with Crippen LogP contribution in [0.25, 0.3) is 0 Å². The summed E-state index contributed by atoms with van der Waals surface area (Å²) in [6.45, 7) is 3.27. The molecular formula is C8H13NO4. The first-order valence-electron chi connectivity index (χ1n) is 4.06. The number of amides is 1. The van der Waals surface area contributed by atoms with E-state index >= 15 is 0 Å².